The van der Waals surface area contributed by atoms with Gasteiger partial charge in [0, 0.05) is 17.7 Å². The molecule has 0 saturated carbocycles. The summed E-state index contributed by atoms with van der Waals surface area (Å²) in [6, 6.07) is 3.25. The van der Waals surface area contributed by atoms with Gasteiger partial charge in [-0.2, -0.15) is 0 Å². The van der Waals surface area contributed by atoms with Crippen molar-refractivity contribution in [1.29, 1.82) is 0 Å². The topological polar surface area (TPSA) is 38.0 Å². The van der Waals surface area contributed by atoms with Gasteiger partial charge in [-0.1, -0.05) is 26.8 Å². The fourth-order valence-corrected chi connectivity index (χ4v) is 1.66. The normalized spacial score (nSPS) is 13.9. The minimum Gasteiger partial charge on any atom is -0.271 e. The third-order valence-corrected chi connectivity index (χ3v) is 2.36. The van der Waals surface area contributed by atoms with Gasteiger partial charge in [0.2, 0.25) is 0 Å². The van der Waals surface area contributed by atoms with Crippen molar-refractivity contribution in [3.8, 4) is 0 Å². The van der Waals surface area contributed by atoms with Crippen LogP contribution >= 0.6 is 0 Å². The minimum atomic E-state index is -0.576. The Labute approximate surface area is 94.8 Å². The number of hydrazine groups is 1. The maximum Gasteiger partial charge on any atom is 0.130 e. The first-order valence-corrected chi connectivity index (χ1v) is 5.24. The monoisotopic (exact) mass is 228 g/mol. The van der Waals surface area contributed by atoms with Crippen molar-refractivity contribution in [1.82, 2.24) is 5.43 Å². The molecule has 1 atom stereocenters. The lowest BCUT2D eigenvalue weighted by atomic mass is 9.85. The SMILES string of the molecule is CC(C)(C)CC(NN)c1ccc(F)cc1F. The molecule has 0 amide bonds. The standard InChI is InChI=1S/C12H18F2N2/c1-12(2,3)7-11(16-15)9-5-4-8(13)6-10(9)14/h4-6,11,16H,7,15H2,1-3H3. The molecule has 0 aliphatic carbocycles. The van der Waals surface area contributed by atoms with Gasteiger partial charge in [-0.25, -0.2) is 8.78 Å². The number of hydrogen-bond donors (Lipinski definition) is 2. The van der Waals surface area contributed by atoms with Crippen molar-refractivity contribution in [2.75, 3.05) is 0 Å². The number of hydrogen-bond acceptors (Lipinski definition) is 2. The molecule has 1 aromatic carbocycles. The highest BCUT2D eigenvalue weighted by Crippen LogP contribution is 2.30. The summed E-state index contributed by atoms with van der Waals surface area (Å²) in [4.78, 5) is 0. The van der Waals surface area contributed by atoms with Crippen molar-refractivity contribution in [2.45, 2.75) is 33.2 Å². The van der Waals surface area contributed by atoms with Crippen LogP contribution in [0, 0.1) is 17.0 Å². The highest BCUT2D eigenvalue weighted by molar-refractivity contribution is 5.22. The maximum atomic E-state index is 13.5. The van der Waals surface area contributed by atoms with Gasteiger partial charge in [0.15, 0.2) is 0 Å². The Kier molecular flexibility index (Phi) is 3.99. The molecule has 0 fully saturated rings. The predicted molar refractivity (Wildman–Crippen MR) is 60.5 cm³/mol. The molecule has 0 aliphatic heterocycles. The molecule has 1 aromatic rings. The first-order chi connectivity index (χ1) is 7.33. The molecule has 0 bridgehead atoms. The fraction of sp³-hybridized carbons (Fsp3) is 0.500. The molecule has 3 N–H and O–H groups in total. The van der Waals surface area contributed by atoms with Gasteiger partial charge in [0.05, 0.1) is 0 Å². The Hall–Kier alpha value is -1.00. The smallest absolute Gasteiger partial charge is 0.130 e. The van der Waals surface area contributed by atoms with E-state index in [1.54, 1.807) is 0 Å². The Morgan fingerprint density at radius 3 is 2.38 bits per heavy atom. The van der Waals surface area contributed by atoms with Crippen LogP contribution < -0.4 is 11.3 Å². The zero-order valence-corrected chi connectivity index (χ0v) is 9.85. The Morgan fingerprint density at radius 1 is 1.31 bits per heavy atom. The van der Waals surface area contributed by atoms with Crippen LogP contribution in [0.5, 0.6) is 0 Å². The van der Waals surface area contributed by atoms with E-state index in [0.29, 0.717) is 12.0 Å². The molecule has 1 rings (SSSR count). The molecule has 0 spiro atoms. The van der Waals surface area contributed by atoms with E-state index in [0.717, 1.165) is 6.07 Å². The summed E-state index contributed by atoms with van der Waals surface area (Å²) in [5.41, 5.74) is 2.99. The van der Waals surface area contributed by atoms with Gasteiger partial charge >= 0.3 is 0 Å². The van der Waals surface area contributed by atoms with Crippen molar-refractivity contribution in [2.24, 2.45) is 11.3 Å². The molecule has 0 aliphatic rings. The van der Waals surface area contributed by atoms with Crippen LogP contribution in [0.3, 0.4) is 0 Å². The van der Waals surface area contributed by atoms with Crippen LogP contribution in [0.4, 0.5) is 8.78 Å². The predicted octanol–water partition coefficient (Wildman–Crippen LogP) is 2.91. The summed E-state index contributed by atoms with van der Waals surface area (Å²) in [5.74, 6) is 4.27. The third kappa shape index (κ3) is 3.54. The van der Waals surface area contributed by atoms with Crippen molar-refractivity contribution in [3.05, 3.63) is 35.4 Å². The van der Waals surface area contributed by atoms with Crippen LogP contribution in [0.1, 0.15) is 38.8 Å². The lowest BCUT2D eigenvalue weighted by Gasteiger charge is -2.26. The van der Waals surface area contributed by atoms with E-state index in [1.807, 2.05) is 20.8 Å². The first-order valence-electron chi connectivity index (χ1n) is 5.24. The van der Waals surface area contributed by atoms with E-state index < -0.39 is 11.6 Å². The van der Waals surface area contributed by atoms with Crippen LogP contribution in [0.15, 0.2) is 18.2 Å². The van der Waals surface area contributed by atoms with Crippen molar-refractivity contribution < 1.29 is 8.78 Å². The summed E-state index contributed by atoms with van der Waals surface area (Å²) < 4.78 is 26.3. The second kappa shape index (κ2) is 4.89. The maximum absolute atomic E-state index is 13.5. The minimum absolute atomic E-state index is 0.0118. The summed E-state index contributed by atoms with van der Waals surface area (Å²) >= 11 is 0. The van der Waals surface area contributed by atoms with Gasteiger partial charge in [-0.3, -0.25) is 11.3 Å². The summed E-state index contributed by atoms with van der Waals surface area (Å²) in [7, 11) is 0. The van der Waals surface area contributed by atoms with Crippen LogP contribution in [0.25, 0.3) is 0 Å². The lowest BCUT2D eigenvalue weighted by molar-refractivity contribution is 0.308. The van der Waals surface area contributed by atoms with E-state index >= 15 is 0 Å². The van der Waals surface area contributed by atoms with Crippen LogP contribution in [-0.2, 0) is 0 Å². The highest BCUT2D eigenvalue weighted by Gasteiger charge is 2.21. The zero-order chi connectivity index (χ0) is 12.3. The molecular weight excluding hydrogens is 210 g/mol. The van der Waals surface area contributed by atoms with Crippen LogP contribution in [-0.4, -0.2) is 0 Å². The van der Waals surface area contributed by atoms with E-state index in [9.17, 15) is 8.78 Å². The number of benzene rings is 1. The second-order valence-corrected chi connectivity index (χ2v) is 5.15. The van der Waals surface area contributed by atoms with Gasteiger partial charge in [0.25, 0.3) is 0 Å². The fourth-order valence-electron chi connectivity index (χ4n) is 1.66. The third-order valence-electron chi connectivity index (χ3n) is 2.36. The molecule has 0 aromatic heterocycles. The summed E-state index contributed by atoms with van der Waals surface area (Å²) in [6.07, 6.45) is 0.673. The average molecular weight is 228 g/mol. The van der Waals surface area contributed by atoms with Gasteiger partial charge < -0.3 is 0 Å². The van der Waals surface area contributed by atoms with E-state index in [2.05, 4.69) is 5.43 Å². The molecule has 0 saturated heterocycles. The number of nitrogens with one attached hydrogen (secondary N) is 1. The van der Waals surface area contributed by atoms with E-state index in [1.165, 1.54) is 12.1 Å². The quantitative estimate of drug-likeness (QED) is 0.616. The number of rotatable bonds is 3. The van der Waals surface area contributed by atoms with Gasteiger partial charge in [-0.15, -0.1) is 0 Å². The number of nitrogens with two attached hydrogens (primary N) is 1. The van der Waals surface area contributed by atoms with Crippen LogP contribution in [0.2, 0.25) is 0 Å². The summed E-state index contributed by atoms with van der Waals surface area (Å²) in [6.45, 7) is 6.12. The molecular formula is C12H18F2N2. The average Bonchev–Trinajstić information content (AvgIpc) is 2.13. The van der Waals surface area contributed by atoms with Gasteiger partial charge in [0.1, 0.15) is 11.6 Å². The Bertz CT molecular complexity index is 359. The molecule has 1 unspecified atom stereocenters. The first kappa shape index (κ1) is 13.1. The molecule has 16 heavy (non-hydrogen) atoms. The van der Waals surface area contributed by atoms with E-state index in [4.69, 9.17) is 5.84 Å². The lowest BCUT2D eigenvalue weighted by Crippen LogP contribution is -2.31. The zero-order valence-electron chi connectivity index (χ0n) is 9.85. The van der Waals surface area contributed by atoms with Crippen molar-refractivity contribution >= 4 is 0 Å². The Morgan fingerprint density at radius 2 is 1.94 bits per heavy atom. The largest absolute Gasteiger partial charge is 0.271 e. The molecule has 90 valence electrons. The molecule has 4 heteroatoms. The summed E-state index contributed by atoms with van der Waals surface area (Å²) in [5, 5.41) is 0. The molecule has 0 heterocycles. The van der Waals surface area contributed by atoms with Gasteiger partial charge in [-0.05, 0) is 17.9 Å². The highest BCUT2D eigenvalue weighted by atomic mass is 19.1. The second-order valence-electron chi connectivity index (χ2n) is 5.15. The number of halogens is 2. The molecule has 0 radical (unpaired) electrons. The Balaban J connectivity index is 2.95. The van der Waals surface area contributed by atoms with Crippen molar-refractivity contribution in [3.63, 3.8) is 0 Å². The van der Waals surface area contributed by atoms with E-state index in [-0.39, 0.29) is 11.5 Å². The molecule has 2 nitrogen and oxygen atoms in total.